The van der Waals surface area contributed by atoms with Crippen molar-refractivity contribution >= 4 is 35.1 Å². The van der Waals surface area contributed by atoms with Gasteiger partial charge in [-0.1, -0.05) is 84.9 Å². The summed E-state index contributed by atoms with van der Waals surface area (Å²) in [5.41, 5.74) is 0.817. The zero-order chi connectivity index (χ0) is 22.9. The fraction of sp³-hybridized carbons (Fsp3) is 0.0690. The number of rotatable bonds is 7. The summed E-state index contributed by atoms with van der Waals surface area (Å²) < 4.78 is 11.0. The van der Waals surface area contributed by atoms with E-state index in [-0.39, 0.29) is 23.6 Å². The Hall–Kier alpha value is -3.20. The molecule has 0 unspecified atom stereocenters. The van der Waals surface area contributed by atoms with Crippen LogP contribution in [0.2, 0.25) is 0 Å². The van der Waals surface area contributed by atoms with Gasteiger partial charge in [-0.15, -0.1) is 0 Å². The number of halogens is 1. The van der Waals surface area contributed by atoms with Crippen molar-refractivity contribution in [3.05, 3.63) is 133 Å². The molecule has 4 aromatic carbocycles. The van der Waals surface area contributed by atoms with Crippen LogP contribution in [0.25, 0.3) is 5.76 Å². The highest BCUT2D eigenvalue weighted by molar-refractivity contribution is 7.98. The van der Waals surface area contributed by atoms with Gasteiger partial charge in [-0.05, 0) is 43.3 Å². The van der Waals surface area contributed by atoms with Gasteiger partial charge in [0.25, 0.3) is 0 Å². The van der Waals surface area contributed by atoms with Crippen LogP contribution >= 0.6 is 7.26 Å². The van der Waals surface area contributed by atoms with Gasteiger partial charge < -0.3 is 26.5 Å². The molecular weight excluding hydrogens is 507 g/mol. The monoisotopic (exact) mass is 532 g/mol. The SMILES string of the molecule is CCOC(=O)O/C(=C\[P+](c1ccccc1)(c1ccccc1)c1ccccc1)c1ccccc1.[Br-]. The number of ether oxygens (including phenoxy) is 2. The summed E-state index contributed by atoms with van der Waals surface area (Å²) in [6.07, 6.45) is -0.708. The zero-order valence-electron chi connectivity index (χ0n) is 18.9. The lowest BCUT2D eigenvalue weighted by atomic mass is 10.2. The fourth-order valence-electron chi connectivity index (χ4n) is 3.84. The number of hydrogen-bond acceptors (Lipinski definition) is 3. The summed E-state index contributed by atoms with van der Waals surface area (Å²) in [5.74, 6) is 2.62. The van der Waals surface area contributed by atoms with Crippen molar-refractivity contribution in [2.45, 2.75) is 6.92 Å². The number of hydrogen-bond donors (Lipinski definition) is 0. The molecule has 5 heteroatoms. The van der Waals surface area contributed by atoms with Crippen LogP contribution < -0.4 is 32.9 Å². The molecule has 0 aliphatic carbocycles. The Balaban J connectivity index is 0.00000324. The average Bonchev–Trinajstić information content (AvgIpc) is 2.89. The number of benzene rings is 4. The van der Waals surface area contributed by atoms with Gasteiger partial charge in [0.05, 0.1) is 6.61 Å². The van der Waals surface area contributed by atoms with Crippen LogP contribution in [0.3, 0.4) is 0 Å². The minimum Gasteiger partial charge on any atom is -1.00 e. The van der Waals surface area contributed by atoms with Gasteiger partial charge >= 0.3 is 6.16 Å². The molecule has 3 nitrogen and oxygen atoms in total. The van der Waals surface area contributed by atoms with Gasteiger partial charge in [-0.25, -0.2) is 4.79 Å². The topological polar surface area (TPSA) is 35.5 Å². The molecule has 0 aliphatic heterocycles. The van der Waals surface area contributed by atoms with Crippen LogP contribution in [0.5, 0.6) is 0 Å². The van der Waals surface area contributed by atoms with Crippen molar-refractivity contribution in [3.63, 3.8) is 0 Å². The van der Waals surface area contributed by atoms with Crippen molar-refractivity contribution in [1.29, 1.82) is 0 Å². The first-order valence-electron chi connectivity index (χ1n) is 10.9. The zero-order valence-corrected chi connectivity index (χ0v) is 21.4. The summed E-state index contributed by atoms with van der Waals surface area (Å²) in [4.78, 5) is 12.4. The van der Waals surface area contributed by atoms with E-state index in [1.165, 1.54) is 15.9 Å². The normalized spacial score (nSPS) is 11.3. The molecule has 0 aliphatic rings. The lowest BCUT2D eigenvalue weighted by Gasteiger charge is -2.25. The first-order chi connectivity index (χ1) is 16.2. The highest BCUT2D eigenvalue weighted by Crippen LogP contribution is 2.58. The molecule has 0 saturated heterocycles. The molecule has 4 aromatic rings. The highest BCUT2D eigenvalue weighted by Gasteiger charge is 2.45. The van der Waals surface area contributed by atoms with E-state index in [4.69, 9.17) is 9.47 Å². The maximum atomic E-state index is 12.4. The van der Waals surface area contributed by atoms with Crippen LogP contribution in [0.15, 0.2) is 127 Å². The maximum absolute atomic E-state index is 12.4. The summed E-state index contributed by atoms with van der Waals surface area (Å²) >= 11 is 0. The van der Waals surface area contributed by atoms with E-state index in [1.807, 2.05) is 48.5 Å². The molecule has 34 heavy (non-hydrogen) atoms. The predicted octanol–water partition coefficient (Wildman–Crippen LogP) is 3.16. The molecule has 0 amide bonds. The van der Waals surface area contributed by atoms with E-state index in [2.05, 4.69) is 78.6 Å². The Labute approximate surface area is 212 Å². The van der Waals surface area contributed by atoms with Crippen LogP contribution in [-0.4, -0.2) is 12.8 Å². The van der Waals surface area contributed by atoms with Crippen LogP contribution in [0, 0.1) is 0 Å². The smallest absolute Gasteiger partial charge is 0.513 e. The average molecular weight is 533 g/mol. The predicted molar refractivity (Wildman–Crippen MR) is 138 cm³/mol. The molecule has 172 valence electrons. The summed E-state index contributed by atoms with van der Waals surface area (Å²) in [5, 5.41) is 3.51. The van der Waals surface area contributed by atoms with E-state index in [0.29, 0.717) is 5.76 Å². The second-order valence-corrected chi connectivity index (χ2v) is 10.6. The van der Waals surface area contributed by atoms with Crippen molar-refractivity contribution < 1.29 is 31.2 Å². The molecule has 0 saturated carbocycles. The maximum Gasteiger partial charge on any atom is 0.513 e. The Bertz CT molecular complexity index is 1100. The Morgan fingerprint density at radius 1 is 0.676 bits per heavy atom. The van der Waals surface area contributed by atoms with Crippen LogP contribution in [0.4, 0.5) is 4.79 Å². The third kappa shape index (κ3) is 5.64. The molecule has 0 radical (unpaired) electrons. The van der Waals surface area contributed by atoms with Crippen molar-refractivity contribution in [2.24, 2.45) is 0 Å². The molecule has 0 fully saturated rings. The molecule has 0 heterocycles. The molecule has 0 spiro atoms. The van der Waals surface area contributed by atoms with Crippen LogP contribution in [-0.2, 0) is 9.47 Å². The fourth-order valence-corrected chi connectivity index (χ4v) is 7.66. The minimum atomic E-state index is -2.34. The van der Waals surface area contributed by atoms with Gasteiger partial charge in [-0.2, -0.15) is 0 Å². The van der Waals surface area contributed by atoms with Gasteiger partial charge in [0.2, 0.25) is 0 Å². The summed E-state index contributed by atoms with van der Waals surface area (Å²) in [6.45, 7) is 2.01. The van der Waals surface area contributed by atoms with E-state index in [1.54, 1.807) is 6.92 Å². The second kappa shape index (κ2) is 12.3. The number of carbonyl (C=O) groups excluding carboxylic acids is 1. The van der Waals surface area contributed by atoms with Crippen LogP contribution in [0.1, 0.15) is 12.5 Å². The summed E-state index contributed by atoms with van der Waals surface area (Å²) in [6, 6.07) is 41.0. The van der Waals surface area contributed by atoms with Gasteiger partial charge in [-0.3, -0.25) is 0 Å². The summed E-state index contributed by atoms with van der Waals surface area (Å²) in [7, 11) is -2.34. The largest absolute Gasteiger partial charge is 1.00 e. The van der Waals surface area contributed by atoms with E-state index < -0.39 is 13.4 Å². The Kier molecular flexibility index (Phi) is 9.21. The molecule has 0 aromatic heterocycles. The Morgan fingerprint density at radius 2 is 1.06 bits per heavy atom. The van der Waals surface area contributed by atoms with Gasteiger partial charge in [0.15, 0.2) is 5.76 Å². The van der Waals surface area contributed by atoms with Gasteiger partial charge in [0, 0.05) is 5.56 Å². The molecular formula is C29H26BrO3P. The molecule has 0 atom stereocenters. The molecule has 4 rings (SSSR count). The second-order valence-electron chi connectivity index (χ2n) is 7.37. The highest BCUT2D eigenvalue weighted by atomic mass is 79.9. The third-order valence-corrected chi connectivity index (χ3v) is 9.27. The van der Waals surface area contributed by atoms with Crippen molar-refractivity contribution in [1.82, 2.24) is 0 Å². The van der Waals surface area contributed by atoms with E-state index in [0.717, 1.165) is 5.56 Å². The lowest BCUT2D eigenvalue weighted by molar-refractivity contribution is -0.0000184. The minimum absolute atomic E-state index is 0. The van der Waals surface area contributed by atoms with Gasteiger partial charge in [0.1, 0.15) is 29.0 Å². The Morgan fingerprint density at radius 3 is 1.44 bits per heavy atom. The standard InChI is InChI=1S/C29H26O3P.BrH/c1-2-31-29(30)32-28(24-15-7-3-8-16-24)23-33(25-17-9-4-10-18-25,26-19-11-5-12-20-26)27-21-13-6-14-22-27;/h3-23H,2H2,1H3;1H/q+1;/p-1/b28-23-;. The number of carbonyl (C=O) groups is 1. The van der Waals surface area contributed by atoms with Crippen molar-refractivity contribution in [2.75, 3.05) is 6.61 Å². The lowest BCUT2D eigenvalue weighted by Crippen LogP contribution is -3.00. The molecule has 0 bridgehead atoms. The van der Waals surface area contributed by atoms with E-state index in [9.17, 15) is 4.79 Å². The van der Waals surface area contributed by atoms with Crippen molar-refractivity contribution in [3.8, 4) is 0 Å². The third-order valence-electron chi connectivity index (χ3n) is 5.32. The first kappa shape index (κ1) is 25.4. The van der Waals surface area contributed by atoms with E-state index >= 15 is 0 Å². The molecule has 0 N–H and O–H groups in total. The first-order valence-corrected chi connectivity index (χ1v) is 12.8. The quantitative estimate of drug-likeness (QED) is 0.208.